The summed E-state index contributed by atoms with van der Waals surface area (Å²) in [5.74, 6) is -0.0520. The van der Waals surface area contributed by atoms with Gasteiger partial charge in [-0.3, -0.25) is 4.79 Å². The smallest absolute Gasteiger partial charge is 0.272 e. The molecule has 2 aromatic carbocycles. The number of nitrogens with zero attached hydrogens (tertiary/aromatic N) is 1. The van der Waals surface area contributed by atoms with E-state index >= 15 is 0 Å². The fourth-order valence-electron chi connectivity index (χ4n) is 3.80. The highest BCUT2D eigenvalue weighted by Crippen LogP contribution is 2.38. The monoisotopic (exact) mass is 535 g/mol. The van der Waals surface area contributed by atoms with Gasteiger partial charge in [0.05, 0.1) is 31.0 Å². The molecule has 1 N–H and O–H groups in total. The van der Waals surface area contributed by atoms with Gasteiger partial charge in [-0.25, -0.2) is 18.2 Å². The molecule has 6 nitrogen and oxygen atoms in total. The number of aliphatic hydroxyl groups is 1. The Hall–Kier alpha value is -3.30. The Balaban J connectivity index is 1.59. The number of carbonyl (C=O) groups excluding carboxylic acids is 1. The van der Waals surface area contributed by atoms with Gasteiger partial charge in [0.25, 0.3) is 6.43 Å². The first kappa shape index (κ1) is 26.8. The Morgan fingerprint density at radius 3 is 2.41 bits per heavy atom. The molecular formula is C27H25ClF3NO5. The number of methoxy groups -OCH3 is 2. The van der Waals surface area contributed by atoms with E-state index in [1.165, 1.54) is 50.6 Å². The highest BCUT2D eigenvalue weighted by Gasteiger charge is 2.42. The summed E-state index contributed by atoms with van der Waals surface area (Å²) < 4.78 is 58.4. The van der Waals surface area contributed by atoms with E-state index in [4.69, 9.17) is 25.8 Å². The molecule has 0 amide bonds. The molecule has 1 atom stereocenters. The molecule has 1 unspecified atom stereocenters. The standard InChI is InChI=1S/C27H25ClF3NO5/c1-35-22-9-10-24(32-25(22)16-3-7-19(29)18(28)13-16)27(34,26(30)31)12-11-20(33)15-4-8-21(23(14-15)36-2)37-17-5-6-17/h3-4,7-10,13-14,17,26,34H,5-6,11-12H2,1-2H3. The average Bonchev–Trinajstić information content (AvgIpc) is 3.72. The summed E-state index contributed by atoms with van der Waals surface area (Å²) in [6, 6.07) is 11.0. The van der Waals surface area contributed by atoms with Crippen LogP contribution < -0.4 is 14.2 Å². The number of hydrogen-bond acceptors (Lipinski definition) is 6. The molecule has 1 aliphatic rings. The van der Waals surface area contributed by atoms with E-state index < -0.39 is 36.5 Å². The van der Waals surface area contributed by atoms with Crippen LogP contribution in [0.1, 0.15) is 41.7 Å². The van der Waals surface area contributed by atoms with Crippen molar-refractivity contribution in [1.29, 1.82) is 0 Å². The molecule has 3 aromatic rings. The lowest BCUT2D eigenvalue weighted by atomic mass is 9.90. The number of ketones is 1. The van der Waals surface area contributed by atoms with Gasteiger partial charge in [0, 0.05) is 17.5 Å². The van der Waals surface area contributed by atoms with Crippen LogP contribution in [0.15, 0.2) is 48.5 Å². The fourth-order valence-corrected chi connectivity index (χ4v) is 3.98. The maximum atomic E-state index is 14.2. The third kappa shape index (κ3) is 5.83. The van der Waals surface area contributed by atoms with Crippen molar-refractivity contribution in [3.05, 3.63) is 70.6 Å². The molecule has 0 saturated heterocycles. The van der Waals surface area contributed by atoms with Crippen LogP contribution in [-0.2, 0) is 5.60 Å². The van der Waals surface area contributed by atoms with E-state index in [0.29, 0.717) is 17.1 Å². The fraction of sp³-hybridized carbons (Fsp3) is 0.333. The largest absolute Gasteiger partial charge is 0.494 e. The van der Waals surface area contributed by atoms with Crippen LogP contribution >= 0.6 is 11.6 Å². The SMILES string of the molecule is COc1cc(C(=O)CCC(O)(c2ccc(OC)c(-c3ccc(F)c(Cl)c3)n2)C(F)F)ccc1OC1CC1. The topological polar surface area (TPSA) is 77.9 Å². The number of aromatic nitrogens is 1. The van der Waals surface area contributed by atoms with Crippen molar-refractivity contribution < 1.29 is 37.3 Å². The van der Waals surface area contributed by atoms with Crippen molar-refractivity contribution in [3.8, 4) is 28.5 Å². The lowest BCUT2D eigenvalue weighted by Gasteiger charge is -2.27. The number of benzene rings is 2. The number of rotatable bonds is 11. The minimum Gasteiger partial charge on any atom is -0.494 e. The maximum Gasteiger partial charge on any atom is 0.272 e. The van der Waals surface area contributed by atoms with Crippen LogP contribution in [0.3, 0.4) is 0 Å². The Morgan fingerprint density at radius 1 is 1.08 bits per heavy atom. The summed E-state index contributed by atoms with van der Waals surface area (Å²) in [4.78, 5) is 17.1. The second-order valence-electron chi connectivity index (χ2n) is 8.71. The molecular weight excluding hydrogens is 511 g/mol. The third-order valence-corrected chi connectivity index (χ3v) is 6.40. The number of carbonyl (C=O) groups is 1. The minimum absolute atomic E-state index is 0.0864. The van der Waals surface area contributed by atoms with E-state index in [9.17, 15) is 23.1 Å². The lowest BCUT2D eigenvalue weighted by molar-refractivity contribution is -0.109. The first-order valence-electron chi connectivity index (χ1n) is 11.6. The molecule has 196 valence electrons. The Kier molecular flexibility index (Phi) is 7.94. The van der Waals surface area contributed by atoms with Gasteiger partial charge >= 0.3 is 0 Å². The molecule has 0 bridgehead atoms. The van der Waals surface area contributed by atoms with E-state index in [-0.39, 0.29) is 33.8 Å². The van der Waals surface area contributed by atoms with Crippen LogP contribution in [-0.4, -0.2) is 42.6 Å². The Labute approximate surface area is 217 Å². The van der Waals surface area contributed by atoms with Gasteiger partial charge in [0.1, 0.15) is 17.3 Å². The predicted molar refractivity (Wildman–Crippen MR) is 131 cm³/mol. The summed E-state index contributed by atoms with van der Waals surface area (Å²) in [6.07, 6.45) is -2.22. The average molecular weight is 536 g/mol. The first-order chi connectivity index (χ1) is 17.7. The highest BCUT2D eigenvalue weighted by molar-refractivity contribution is 6.31. The van der Waals surface area contributed by atoms with Gasteiger partial charge < -0.3 is 19.3 Å². The maximum absolute atomic E-state index is 14.2. The van der Waals surface area contributed by atoms with Crippen LogP contribution in [0.4, 0.5) is 13.2 Å². The number of alkyl halides is 2. The number of ether oxygens (including phenoxy) is 3. The van der Waals surface area contributed by atoms with Gasteiger partial charge in [-0.05, 0) is 67.8 Å². The van der Waals surface area contributed by atoms with Crippen LogP contribution in [0.2, 0.25) is 5.02 Å². The molecule has 1 fully saturated rings. The molecule has 4 rings (SSSR count). The van der Waals surface area contributed by atoms with E-state index in [2.05, 4.69) is 4.98 Å². The van der Waals surface area contributed by atoms with Crippen LogP contribution in [0.25, 0.3) is 11.3 Å². The summed E-state index contributed by atoms with van der Waals surface area (Å²) in [5, 5.41) is 10.8. The lowest BCUT2D eigenvalue weighted by Crippen LogP contribution is -2.36. The predicted octanol–water partition coefficient (Wildman–Crippen LogP) is 6.22. The number of pyridine rings is 1. The second kappa shape index (κ2) is 11.0. The molecule has 0 aliphatic heterocycles. The summed E-state index contributed by atoms with van der Waals surface area (Å²) >= 11 is 5.87. The van der Waals surface area contributed by atoms with Crippen LogP contribution in [0, 0.1) is 5.82 Å². The van der Waals surface area contributed by atoms with Crippen molar-refractivity contribution in [2.75, 3.05) is 14.2 Å². The van der Waals surface area contributed by atoms with E-state index in [0.717, 1.165) is 18.9 Å². The second-order valence-corrected chi connectivity index (χ2v) is 9.11. The van der Waals surface area contributed by atoms with Crippen molar-refractivity contribution >= 4 is 17.4 Å². The Morgan fingerprint density at radius 2 is 1.78 bits per heavy atom. The molecule has 37 heavy (non-hydrogen) atoms. The van der Waals surface area contributed by atoms with Gasteiger partial charge in [-0.2, -0.15) is 0 Å². The van der Waals surface area contributed by atoms with E-state index in [1.807, 2.05) is 0 Å². The molecule has 1 aliphatic carbocycles. The number of halogens is 4. The van der Waals surface area contributed by atoms with Crippen molar-refractivity contribution in [1.82, 2.24) is 4.98 Å². The van der Waals surface area contributed by atoms with Crippen LogP contribution in [0.5, 0.6) is 17.2 Å². The molecule has 0 radical (unpaired) electrons. The minimum atomic E-state index is -3.25. The summed E-state index contributed by atoms with van der Waals surface area (Å²) in [5.41, 5.74) is -2.47. The summed E-state index contributed by atoms with van der Waals surface area (Å²) in [7, 11) is 2.80. The van der Waals surface area contributed by atoms with Crippen molar-refractivity contribution in [2.45, 2.75) is 43.8 Å². The van der Waals surface area contributed by atoms with Gasteiger partial charge in [0.2, 0.25) is 0 Å². The third-order valence-electron chi connectivity index (χ3n) is 6.11. The van der Waals surface area contributed by atoms with Crippen molar-refractivity contribution in [2.24, 2.45) is 0 Å². The van der Waals surface area contributed by atoms with Gasteiger partial charge in [-0.15, -0.1) is 0 Å². The molecule has 1 heterocycles. The molecule has 1 aromatic heterocycles. The van der Waals surface area contributed by atoms with Gasteiger partial charge in [-0.1, -0.05) is 11.6 Å². The molecule has 1 saturated carbocycles. The number of hydrogen-bond donors (Lipinski definition) is 1. The zero-order chi connectivity index (χ0) is 26.7. The molecule has 0 spiro atoms. The summed E-state index contributed by atoms with van der Waals surface area (Å²) in [6.45, 7) is 0. The molecule has 10 heteroatoms. The number of Topliss-reactive ketones (excluding diaryl/α,β-unsaturated/α-hetero) is 1. The quantitative estimate of drug-likeness (QED) is 0.294. The van der Waals surface area contributed by atoms with E-state index in [1.54, 1.807) is 6.07 Å². The van der Waals surface area contributed by atoms with Gasteiger partial charge in [0.15, 0.2) is 22.9 Å². The zero-order valence-corrected chi connectivity index (χ0v) is 20.9. The highest BCUT2D eigenvalue weighted by atomic mass is 35.5. The zero-order valence-electron chi connectivity index (χ0n) is 20.1. The van der Waals surface area contributed by atoms with Crippen molar-refractivity contribution in [3.63, 3.8) is 0 Å². The normalized spacial score (nSPS) is 14.8. The first-order valence-corrected chi connectivity index (χ1v) is 11.9. The Bertz CT molecular complexity index is 1300.